The van der Waals surface area contributed by atoms with Gasteiger partial charge in [-0.1, -0.05) is 6.07 Å². The molecule has 6 N–H and O–H groups in total. The van der Waals surface area contributed by atoms with Crippen LogP contribution in [0.15, 0.2) is 54.6 Å². The molecule has 7 nitrogen and oxygen atoms in total. The van der Waals surface area contributed by atoms with E-state index in [4.69, 9.17) is 16.2 Å². The second-order valence-corrected chi connectivity index (χ2v) is 8.09. The maximum Gasteiger partial charge on any atom is 0.254 e. The monoisotopic (exact) mass is 552 g/mol. The van der Waals surface area contributed by atoms with E-state index in [1.807, 2.05) is 22.6 Å². The molecule has 0 radical (unpaired) electrons. The summed E-state index contributed by atoms with van der Waals surface area (Å²) in [6, 6.07) is 11.9. The van der Waals surface area contributed by atoms with Crippen molar-refractivity contribution in [2.45, 2.75) is 13.0 Å². The number of carbonyl (C=O) groups excluding carboxylic acids is 2. The van der Waals surface area contributed by atoms with Gasteiger partial charge in [0.1, 0.15) is 28.7 Å². The summed E-state index contributed by atoms with van der Waals surface area (Å²) in [5.74, 6) is -2.61. The topological polar surface area (TPSA) is 119 Å². The number of rotatable bonds is 7. The third-order valence-electron chi connectivity index (χ3n) is 4.26. The Morgan fingerprint density at radius 1 is 1.06 bits per heavy atom. The molecule has 3 aromatic carbocycles. The number of anilines is 3. The van der Waals surface area contributed by atoms with Crippen LogP contribution in [0.5, 0.6) is 11.5 Å². The quantitative estimate of drug-likeness (QED) is 0.322. The first-order chi connectivity index (χ1) is 15.1. The Kier molecular flexibility index (Phi) is 7.26. The summed E-state index contributed by atoms with van der Waals surface area (Å²) in [5, 5.41) is 5.30. The summed E-state index contributed by atoms with van der Waals surface area (Å²) >= 11 is 1.95. The Morgan fingerprint density at radius 2 is 1.81 bits per heavy atom. The number of nitrogens with two attached hydrogens (primary N) is 2. The number of nitrogens with one attached hydrogen (secondary N) is 2. The van der Waals surface area contributed by atoms with Crippen molar-refractivity contribution in [3.05, 3.63) is 75.4 Å². The lowest BCUT2D eigenvalue weighted by molar-refractivity contribution is -0.117. The summed E-state index contributed by atoms with van der Waals surface area (Å²) < 4.78 is 35.0. The van der Waals surface area contributed by atoms with E-state index in [0.717, 1.165) is 12.1 Å². The van der Waals surface area contributed by atoms with Crippen LogP contribution in [0.4, 0.5) is 25.8 Å². The van der Waals surface area contributed by atoms with Crippen LogP contribution < -0.4 is 26.8 Å². The van der Waals surface area contributed by atoms with Gasteiger partial charge in [-0.3, -0.25) is 9.59 Å². The standard InChI is InChI=1S/C22H19F2IN4O3/c1-11(26)22(31)28-14-3-2-4-15(10-14)32-19-8-12(23)7-18(20(19)21(27)30)29-17-6-5-13(25)9-16(17)24/h2-11,29H,26H2,1H3,(H2,27,30)(H,28,31). The SMILES string of the molecule is CC(N)C(=O)Nc1cccc(Oc2cc(F)cc(Nc3ccc(I)cc3F)c2C(N)=O)c1. The van der Waals surface area contributed by atoms with Crippen LogP contribution in [0, 0.1) is 15.2 Å². The molecule has 0 aliphatic heterocycles. The van der Waals surface area contributed by atoms with Crippen molar-refractivity contribution < 1.29 is 23.1 Å². The van der Waals surface area contributed by atoms with Crippen LogP contribution in [0.25, 0.3) is 0 Å². The van der Waals surface area contributed by atoms with Crippen molar-refractivity contribution in [3.8, 4) is 11.5 Å². The molecule has 1 atom stereocenters. The third-order valence-corrected chi connectivity index (χ3v) is 4.93. The second kappa shape index (κ2) is 9.92. The molecule has 3 aromatic rings. The highest BCUT2D eigenvalue weighted by atomic mass is 127. The maximum atomic E-state index is 14.3. The van der Waals surface area contributed by atoms with E-state index in [2.05, 4.69) is 10.6 Å². The molecule has 1 unspecified atom stereocenters. The average Bonchev–Trinajstić information content (AvgIpc) is 2.69. The molecule has 0 fully saturated rings. The third kappa shape index (κ3) is 5.71. The van der Waals surface area contributed by atoms with E-state index >= 15 is 0 Å². The van der Waals surface area contributed by atoms with Crippen molar-refractivity contribution in [1.29, 1.82) is 0 Å². The molecule has 2 amide bonds. The molecule has 3 rings (SSSR count). The van der Waals surface area contributed by atoms with Crippen molar-refractivity contribution in [2.24, 2.45) is 11.5 Å². The molecule has 0 spiro atoms. The minimum atomic E-state index is -0.908. The molecule has 0 heterocycles. The second-order valence-electron chi connectivity index (χ2n) is 6.85. The molecular weight excluding hydrogens is 533 g/mol. The zero-order valence-corrected chi connectivity index (χ0v) is 18.9. The van der Waals surface area contributed by atoms with Gasteiger partial charge in [0.2, 0.25) is 5.91 Å². The zero-order chi connectivity index (χ0) is 23.4. The molecule has 166 valence electrons. The number of halogens is 3. The number of ether oxygens (including phenoxy) is 1. The Balaban J connectivity index is 1.97. The van der Waals surface area contributed by atoms with E-state index in [1.165, 1.54) is 25.1 Å². The van der Waals surface area contributed by atoms with Gasteiger partial charge in [0.25, 0.3) is 5.91 Å². The van der Waals surface area contributed by atoms with E-state index in [9.17, 15) is 18.4 Å². The lowest BCUT2D eigenvalue weighted by Crippen LogP contribution is -2.32. The van der Waals surface area contributed by atoms with Crippen LogP contribution in [0.3, 0.4) is 0 Å². The molecule has 0 saturated carbocycles. The normalized spacial score (nSPS) is 11.5. The minimum absolute atomic E-state index is 0.0325. The van der Waals surface area contributed by atoms with Crippen molar-refractivity contribution in [3.63, 3.8) is 0 Å². The summed E-state index contributed by atoms with van der Waals surface area (Å²) in [7, 11) is 0. The molecule has 0 aliphatic carbocycles. The summed E-state index contributed by atoms with van der Waals surface area (Å²) in [5.41, 5.74) is 11.2. The number of hydrogen-bond donors (Lipinski definition) is 4. The van der Waals surface area contributed by atoms with Crippen LogP contribution in [0.2, 0.25) is 0 Å². The Morgan fingerprint density at radius 3 is 2.47 bits per heavy atom. The highest BCUT2D eigenvalue weighted by Gasteiger charge is 2.20. The van der Waals surface area contributed by atoms with Gasteiger partial charge in [-0.25, -0.2) is 8.78 Å². The Hall–Kier alpha value is -3.25. The fourth-order valence-electron chi connectivity index (χ4n) is 2.77. The molecule has 0 bridgehead atoms. The van der Waals surface area contributed by atoms with Crippen LogP contribution in [-0.4, -0.2) is 17.9 Å². The predicted molar refractivity (Wildman–Crippen MR) is 126 cm³/mol. The molecule has 0 aliphatic rings. The Bertz CT molecular complexity index is 1190. The Labute approximate surface area is 196 Å². The largest absolute Gasteiger partial charge is 0.456 e. The van der Waals surface area contributed by atoms with E-state index in [-0.39, 0.29) is 28.4 Å². The number of benzene rings is 3. The van der Waals surface area contributed by atoms with E-state index < -0.39 is 29.5 Å². The maximum absolute atomic E-state index is 14.3. The molecule has 10 heteroatoms. The van der Waals surface area contributed by atoms with Crippen molar-refractivity contribution in [1.82, 2.24) is 0 Å². The van der Waals surface area contributed by atoms with Gasteiger partial charge in [0.15, 0.2) is 0 Å². The average molecular weight is 552 g/mol. The van der Waals surface area contributed by atoms with Gasteiger partial charge in [-0.15, -0.1) is 0 Å². The highest BCUT2D eigenvalue weighted by Crippen LogP contribution is 2.34. The zero-order valence-electron chi connectivity index (χ0n) is 16.8. The molecular formula is C22H19F2IN4O3. The summed E-state index contributed by atoms with van der Waals surface area (Å²) in [4.78, 5) is 24.0. The number of hydrogen-bond acceptors (Lipinski definition) is 5. The van der Waals surface area contributed by atoms with Gasteiger partial charge in [-0.05, 0) is 65.9 Å². The molecule has 0 aromatic heterocycles. The number of primary amides is 1. The lowest BCUT2D eigenvalue weighted by Gasteiger charge is -2.16. The number of amides is 2. The lowest BCUT2D eigenvalue weighted by atomic mass is 10.1. The van der Waals surface area contributed by atoms with E-state index in [1.54, 1.807) is 24.3 Å². The first-order valence-electron chi connectivity index (χ1n) is 9.34. The first-order valence-corrected chi connectivity index (χ1v) is 10.4. The van der Waals surface area contributed by atoms with Crippen LogP contribution >= 0.6 is 22.6 Å². The first kappa shape index (κ1) is 23.4. The fourth-order valence-corrected chi connectivity index (χ4v) is 3.22. The minimum Gasteiger partial charge on any atom is -0.456 e. The van der Waals surface area contributed by atoms with Gasteiger partial charge < -0.3 is 26.8 Å². The van der Waals surface area contributed by atoms with Crippen LogP contribution in [0.1, 0.15) is 17.3 Å². The smallest absolute Gasteiger partial charge is 0.254 e. The van der Waals surface area contributed by atoms with Crippen LogP contribution in [-0.2, 0) is 4.79 Å². The molecule has 32 heavy (non-hydrogen) atoms. The van der Waals surface area contributed by atoms with Gasteiger partial charge in [0, 0.05) is 21.4 Å². The highest BCUT2D eigenvalue weighted by molar-refractivity contribution is 14.1. The fraction of sp³-hybridized carbons (Fsp3) is 0.0909. The van der Waals surface area contributed by atoms with Gasteiger partial charge in [0.05, 0.1) is 17.4 Å². The van der Waals surface area contributed by atoms with Crippen molar-refractivity contribution >= 4 is 51.5 Å². The van der Waals surface area contributed by atoms with Gasteiger partial charge >= 0.3 is 0 Å². The molecule has 0 saturated heterocycles. The van der Waals surface area contributed by atoms with E-state index in [0.29, 0.717) is 9.26 Å². The van der Waals surface area contributed by atoms with Gasteiger partial charge in [-0.2, -0.15) is 0 Å². The predicted octanol–water partition coefficient (Wildman–Crippen LogP) is 4.49. The summed E-state index contributed by atoms with van der Waals surface area (Å²) in [6.45, 7) is 1.53. The van der Waals surface area contributed by atoms with Crippen molar-refractivity contribution in [2.75, 3.05) is 10.6 Å². The number of carbonyl (C=O) groups is 2. The summed E-state index contributed by atoms with van der Waals surface area (Å²) in [6.07, 6.45) is 0.